The maximum Gasteiger partial charge on any atom is 0.327 e. The Labute approximate surface area is 71.4 Å². The van der Waals surface area contributed by atoms with E-state index in [2.05, 4.69) is 0 Å². The standard InChI is InChI=1S/C7H12ClNO2/c1-3-11-6(10)7(2)4-5-9(7)8/h3-5H2,1-2H3. The summed E-state index contributed by atoms with van der Waals surface area (Å²) in [5, 5.41) is 0. The van der Waals surface area contributed by atoms with Crippen molar-refractivity contribution >= 4 is 17.7 Å². The van der Waals surface area contributed by atoms with E-state index < -0.39 is 5.54 Å². The van der Waals surface area contributed by atoms with Crippen LogP contribution in [0.15, 0.2) is 0 Å². The zero-order chi connectivity index (χ0) is 8.48. The van der Waals surface area contributed by atoms with Gasteiger partial charge in [-0.1, -0.05) is 0 Å². The van der Waals surface area contributed by atoms with Gasteiger partial charge >= 0.3 is 5.97 Å². The average Bonchev–Trinajstić information content (AvgIpc) is 2.01. The molecule has 0 bridgehead atoms. The van der Waals surface area contributed by atoms with Crippen LogP contribution in [-0.2, 0) is 9.53 Å². The van der Waals surface area contributed by atoms with Crippen LogP contribution in [0.3, 0.4) is 0 Å². The number of carbonyl (C=O) groups excluding carboxylic acids is 1. The molecule has 1 heterocycles. The second-order valence-electron chi connectivity index (χ2n) is 2.83. The highest BCUT2D eigenvalue weighted by Gasteiger charge is 2.47. The molecular formula is C7H12ClNO2. The third-order valence-electron chi connectivity index (χ3n) is 2.05. The molecule has 0 amide bonds. The van der Waals surface area contributed by atoms with Gasteiger partial charge in [-0.25, -0.2) is 4.42 Å². The fourth-order valence-corrected chi connectivity index (χ4v) is 1.26. The van der Waals surface area contributed by atoms with Crippen LogP contribution in [0.5, 0.6) is 0 Å². The van der Waals surface area contributed by atoms with Gasteiger partial charge in [0.05, 0.1) is 6.61 Å². The Kier molecular flexibility index (Phi) is 2.40. The number of hydrogen-bond acceptors (Lipinski definition) is 3. The van der Waals surface area contributed by atoms with Crippen LogP contribution in [0.2, 0.25) is 0 Å². The molecule has 1 aliphatic rings. The minimum Gasteiger partial charge on any atom is -0.465 e. The summed E-state index contributed by atoms with van der Waals surface area (Å²) in [5.74, 6) is -0.221. The van der Waals surface area contributed by atoms with E-state index in [0.717, 1.165) is 13.0 Å². The molecule has 3 nitrogen and oxygen atoms in total. The summed E-state index contributed by atoms with van der Waals surface area (Å²) in [4.78, 5) is 11.2. The topological polar surface area (TPSA) is 29.5 Å². The molecule has 1 atom stereocenters. The summed E-state index contributed by atoms with van der Waals surface area (Å²) in [6, 6.07) is 0. The van der Waals surface area contributed by atoms with E-state index >= 15 is 0 Å². The number of hydrogen-bond donors (Lipinski definition) is 0. The summed E-state index contributed by atoms with van der Waals surface area (Å²) < 4.78 is 6.35. The number of ether oxygens (including phenoxy) is 1. The first kappa shape index (κ1) is 8.81. The second-order valence-corrected chi connectivity index (χ2v) is 3.24. The first-order valence-corrected chi connectivity index (χ1v) is 4.05. The van der Waals surface area contributed by atoms with E-state index in [9.17, 15) is 4.79 Å². The summed E-state index contributed by atoms with van der Waals surface area (Å²) >= 11 is 5.72. The van der Waals surface area contributed by atoms with Crippen molar-refractivity contribution in [3.05, 3.63) is 0 Å². The maximum atomic E-state index is 11.2. The zero-order valence-electron chi connectivity index (χ0n) is 6.76. The van der Waals surface area contributed by atoms with Gasteiger partial charge < -0.3 is 4.74 Å². The van der Waals surface area contributed by atoms with Crippen molar-refractivity contribution in [2.24, 2.45) is 0 Å². The summed E-state index contributed by atoms with van der Waals surface area (Å²) in [5.41, 5.74) is -0.572. The van der Waals surface area contributed by atoms with Gasteiger partial charge in [0.25, 0.3) is 0 Å². The lowest BCUT2D eigenvalue weighted by Crippen LogP contribution is -2.58. The smallest absolute Gasteiger partial charge is 0.327 e. The molecule has 1 fully saturated rings. The molecule has 0 saturated carbocycles. The Morgan fingerprint density at radius 1 is 1.82 bits per heavy atom. The van der Waals surface area contributed by atoms with Gasteiger partial charge in [-0.3, -0.25) is 4.79 Å². The van der Waals surface area contributed by atoms with Crippen molar-refractivity contribution in [1.82, 2.24) is 4.42 Å². The highest BCUT2D eigenvalue weighted by Crippen LogP contribution is 2.33. The van der Waals surface area contributed by atoms with Crippen molar-refractivity contribution < 1.29 is 9.53 Å². The van der Waals surface area contributed by atoms with Gasteiger partial charge in [0.1, 0.15) is 5.54 Å². The molecule has 1 rings (SSSR count). The molecule has 0 N–H and O–H groups in total. The minimum atomic E-state index is -0.572. The third kappa shape index (κ3) is 1.35. The van der Waals surface area contributed by atoms with Crippen LogP contribution < -0.4 is 0 Å². The Hall–Kier alpha value is -0.280. The first-order chi connectivity index (χ1) is 5.11. The van der Waals surface area contributed by atoms with E-state index in [1.54, 1.807) is 13.8 Å². The highest BCUT2D eigenvalue weighted by molar-refractivity contribution is 6.16. The van der Waals surface area contributed by atoms with Crippen LogP contribution in [0.1, 0.15) is 20.3 Å². The Bertz CT molecular complexity index is 174. The van der Waals surface area contributed by atoms with E-state index in [-0.39, 0.29) is 5.97 Å². The van der Waals surface area contributed by atoms with Crippen LogP contribution in [0.25, 0.3) is 0 Å². The molecule has 0 spiro atoms. The van der Waals surface area contributed by atoms with E-state index in [1.165, 1.54) is 4.42 Å². The lowest BCUT2D eigenvalue weighted by Gasteiger charge is -2.42. The van der Waals surface area contributed by atoms with Crippen molar-refractivity contribution in [2.75, 3.05) is 13.2 Å². The van der Waals surface area contributed by atoms with Crippen LogP contribution in [0.4, 0.5) is 0 Å². The second kappa shape index (κ2) is 2.99. The van der Waals surface area contributed by atoms with Gasteiger partial charge in [0, 0.05) is 6.54 Å². The molecule has 1 aliphatic heterocycles. The van der Waals surface area contributed by atoms with Gasteiger partial charge in [-0.05, 0) is 32.0 Å². The molecule has 64 valence electrons. The molecule has 0 radical (unpaired) electrons. The Balaban J connectivity index is 2.51. The normalized spacial score (nSPS) is 31.2. The molecule has 0 aromatic carbocycles. The summed E-state index contributed by atoms with van der Waals surface area (Å²) in [6.07, 6.45) is 0.787. The van der Waals surface area contributed by atoms with Gasteiger partial charge in [0.15, 0.2) is 0 Å². The van der Waals surface area contributed by atoms with Gasteiger partial charge in [0.2, 0.25) is 0 Å². The first-order valence-electron chi connectivity index (χ1n) is 3.72. The van der Waals surface area contributed by atoms with Crippen LogP contribution in [-0.4, -0.2) is 29.1 Å². The summed E-state index contributed by atoms with van der Waals surface area (Å²) in [7, 11) is 0. The lowest BCUT2D eigenvalue weighted by molar-refractivity contribution is -0.159. The number of halogens is 1. The molecule has 1 unspecified atom stereocenters. The molecule has 0 aromatic heterocycles. The maximum absolute atomic E-state index is 11.2. The van der Waals surface area contributed by atoms with Crippen molar-refractivity contribution in [2.45, 2.75) is 25.8 Å². The molecule has 11 heavy (non-hydrogen) atoms. The quantitative estimate of drug-likeness (QED) is 0.469. The van der Waals surface area contributed by atoms with Crippen molar-refractivity contribution in [3.63, 3.8) is 0 Å². The molecule has 1 saturated heterocycles. The third-order valence-corrected chi connectivity index (χ3v) is 2.59. The largest absolute Gasteiger partial charge is 0.465 e. The minimum absolute atomic E-state index is 0.221. The van der Waals surface area contributed by atoms with Crippen LogP contribution >= 0.6 is 11.8 Å². The number of rotatable bonds is 2. The number of nitrogens with zero attached hydrogens (tertiary/aromatic N) is 1. The predicted molar refractivity (Wildman–Crippen MR) is 42.2 cm³/mol. The molecule has 4 heteroatoms. The zero-order valence-corrected chi connectivity index (χ0v) is 7.52. The van der Waals surface area contributed by atoms with Crippen molar-refractivity contribution in [1.29, 1.82) is 0 Å². The molecule has 0 aliphatic carbocycles. The Morgan fingerprint density at radius 2 is 2.45 bits per heavy atom. The van der Waals surface area contributed by atoms with E-state index in [4.69, 9.17) is 16.5 Å². The monoisotopic (exact) mass is 177 g/mol. The Morgan fingerprint density at radius 3 is 2.73 bits per heavy atom. The summed E-state index contributed by atoms with van der Waals surface area (Å²) in [6.45, 7) is 4.76. The predicted octanol–water partition coefficient (Wildman–Crippen LogP) is 1.17. The van der Waals surface area contributed by atoms with E-state index in [1.807, 2.05) is 0 Å². The fraction of sp³-hybridized carbons (Fsp3) is 0.857. The van der Waals surface area contributed by atoms with Crippen LogP contribution in [0, 0.1) is 0 Å². The van der Waals surface area contributed by atoms with Gasteiger partial charge in [-0.15, -0.1) is 0 Å². The highest BCUT2D eigenvalue weighted by atomic mass is 35.5. The average molecular weight is 178 g/mol. The molecular weight excluding hydrogens is 166 g/mol. The number of carbonyl (C=O) groups is 1. The molecule has 0 aromatic rings. The lowest BCUT2D eigenvalue weighted by atomic mass is 9.90. The SMILES string of the molecule is CCOC(=O)C1(C)CCN1Cl. The van der Waals surface area contributed by atoms with Gasteiger partial charge in [-0.2, -0.15) is 0 Å². The fourth-order valence-electron chi connectivity index (χ4n) is 1.02. The number of esters is 1. The van der Waals surface area contributed by atoms with Crippen molar-refractivity contribution in [3.8, 4) is 0 Å². The van der Waals surface area contributed by atoms with E-state index in [0.29, 0.717) is 6.61 Å².